The molecule has 0 aromatic heterocycles. The molecule has 0 aliphatic heterocycles. The number of benzene rings is 1. The van der Waals surface area contributed by atoms with Gasteiger partial charge in [-0.3, -0.25) is 0 Å². The van der Waals surface area contributed by atoms with Crippen molar-refractivity contribution < 1.29 is 8.42 Å². The van der Waals surface area contributed by atoms with Crippen LogP contribution in [0, 0.1) is 11.3 Å². The van der Waals surface area contributed by atoms with Crippen LogP contribution in [0.3, 0.4) is 0 Å². The van der Waals surface area contributed by atoms with Gasteiger partial charge in [0, 0.05) is 26.1 Å². The molecular formula is C12H17N3O2S. The number of nitrogens with two attached hydrogens (primary N) is 1. The predicted octanol–water partition coefficient (Wildman–Crippen LogP) is 1.24. The quantitative estimate of drug-likeness (QED) is 0.869. The van der Waals surface area contributed by atoms with Crippen molar-refractivity contribution in [2.45, 2.75) is 24.3 Å². The second-order valence-corrected chi connectivity index (χ2v) is 6.14. The maximum absolute atomic E-state index is 12.1. The van der Waals surface area contributed by atoms with Crippen molar-refractivity contribution in [3.8, 4) is 6.07 Å². The molecule has 0 saturated heterocycles. The fourth-order valence-electron chi connectivity index (χ4n) is 1.45. The summed E-state index contributed by atoms with van der Waals surface area (Å²) in [5, 5.41) is 8.46. The molecule has 0 heterocycles. The van der Waals surface area contributed by atoms with Crippen LogP contribution in [-0.2, 0) is 10.0 Å². The zero-order chi connectivity index (χ0) is 13.8. The Bertz CT molecular complexity index is 529. The standard InChI is InChI=1S/C12H17N3O2S/c1-10(14)11-4-6-12(7-5-11)18(16,17)15(2)9-3-8-13/h4-7,10H,3,9,14H2,1-2H3. The van der Waals surface area contributed by atoms with Crippen LogP contribution in [0.25, 0.3) is 0 Å². The monoisotopic (exact) mass is 267 g/mol. The zero-order valence-corrected chi connectivity index (χ0v) is 11.3. The van der Waals surface area contributed by atoms with Gasteiger partial charge >= 0.3 is 0 Å². The van der Waals surface area contributed by atoms with E-state index in [4.69, 9.17) is 11.0 Å². The van der Waals surface area contributed by atoms with Gasteiger partial charge in [0.15, 0.2) is 0 Å². The van der Waals surface area contributed by atoms with E-state index in [9.17, 15) is 8.42 Å². The Morgan fingerprint density at radius 2 is 1.94 bits per heavy atom. The van der Waals surface area contributed by atoms with Crippen molar-refractivity contribution in [1.82, 2.24) is 4.31 Å². The van der Waals surface area contributed by atoms with E-state index in [0.717, 1.165) is 5.56 Å². The second kappa shape index (κ2) is 5.96. The average molecular weight is 267 g/mol. The number of rotatable bonds is 5. The number of hydrogen-bond donors (Lipinski definition) is 1. The normalized spacial score (nSPS) is 13.3. The lowest BCUT2D eigenvalue weighted by Crippen LogP contribution is -2.27. The van der Waals surface area contributed by atoms with E-state index in [-0.39, 0.29) is 23.9 Å². The summed E-state index contributed by atoms with van der Waals surface area (Å²) in [7, 11) is -2.05. The minimum Gasteiger partial charge on any atom is -0.324 e. The van der Waals surface area contributed by atoms with E-state index in [1.54, 1.807) is 12.1 Å². The first kappa shape index (κ1) is 14.6. The Labute approximate surface area is 108 Å². The highest BCUT2D eigenvalue weighted by Gasteiger charge is 2.20. The summed E-state index contributed by atoms with van der Waals surface area (Å²) < 4.78 is 25.4. The van der Waals surface area contributed by atoms with E-state index in [1.807, 2.05) is 13.0 Å². The van der Waals surface area contributed by atoms with Crippen LogP contribution >= 0.6 is 0 Å². The third-order valence-electron chi connectivity index (χ3n) is 2.65. The van der Waals surface area contributed by atoms with Gasteiger partial charge in [-0.2, -0.15) is 9.57 Å². The molecular weight excluding hydrogens is 250 g/mol. The van der Waals surface area contributed by atoms with Crippen molar-refractivity contribution in [3.63, 3.8) is 0 Å². The number of hydrogen-bond acceptors (Lipinski definition) is 4. The first-order valence-corrected chi connectivity index (χ1v) is 7.02. The molecule has 98 valence electrons. The minimum atomic E-state index is -3.51. The van der Waals surface area contributed by atoms with Gasteiger partial charge in [0.05, 0.1) is 11.0 Å². The van der Waals surface area contributed by atoms with E-state index in [0.29, 0.717) is 0 Å². The Kier molecular flexibility index (Phi) is 4.84. The van der Waals surface area contributed by atoms with E-state index < -0.39 is 10.0 Å². The van der Waals surface area contributed by atoms with Gasteiger partial charge in [-0.15, -0.1) is 0 Å². The molecule has 0 aliphatic carbocycles. The minimum absolute atomic E-state index is 0.127. The fraction of sp³-hybridized carbons (Fsp3) is 0.417. The van der Waals surface area contributed by atoms with E-state index >= 15 is 0 Å². The van der Waals surface area contributed by atoms with Gasteiger partial charge in [0.2, 0.25) is 10.0 Å². The summed E-state index contributed by atoms with van der Waals surface area (Å²) in [6, 6.07) is 8.28. The summed E-state index contributed by atoms with van der Waals surface area (Å²) in [6.45, 7) is 2.02. The maximum Gasteiger partial charge on any atom is 0.242 e. The highest BCUT2D eigenvalue weighted by molar-refractivity contribution is 7.89. The van der Waals surface area contributed by atoms with Crippen molar-refractivity contribution in [2.24, 2.45) is 5.73 Å². The van der Waals surface area contributed by atoms with Crippen LogP contribution in [-0.4, -0.2) is 26.3 Å². The van der Waals surface area contributed by atoms with Crippen LogP contribution in [0.1, 0.15) is 24.9 Å². The molecule has 1 aromatic rings. The first-order chi connectivity index (χ1) is 8.39. The molecule has 0 saturated carbocycles. The summed E-state index contributed by atoms with van der Waals surface area (Å²) in [4.78, 5) is 0.215. The van der Waals surface area contributed by atoms with Crippen LogP contribution in [0.5, 0.6) is 0 Å². The van der Waals surface area contributed by atoms with Gasteiger partial charge in [-0.1, -0.05) is 12.1 Å². The smallest absolute Gasteiger partial charge is 0.242 e. The second-order valence-electron chi connectivity index (χ2n) is 4.09. The Hall–Kier alpha value is -1.42. The number of nitriles is 1. The lowest BCUT2D eigenvalue weighted by molar-refractivity contribution is 0.476. The van der Waals surface area contributed by atoms with Gasteiger partial charge in [-0.05, 0) is 24.6 Å². The van der Waals surface area contributed by atoms with Crippen molar-refractivity contribution in [3.05, 3.63) is 29.8 Å². The molecule has 0 amide bonds. The molecule has 0 fully saturated rings. The molecule has 1 rings (SSSR count). The molecule has 0 bridgehead atoms. The fourth-order valence-corrected chi connectivity index (χ4v) is 2.62. The third kappa shape index (κ3) is 3.29. The molecule has 1 aromatic carbocycles. The summed E-state index contributed by atoms with van der Waals surface area (Å²) >= 11 is 0. The maximum atomic E-state index is 12.1. The lowest BCUT2D eigenvalue weighted by atomic mass is 10.1. The van der Waals surface area contributed by atoms with Gasteiger partial charge in [0.1, 0.15) is 0 Å². The third-order valence-corrected chi connectivity index (χ3v) is 4.52. The van der Waals surface area contributed by atoms with Crippen LogP contribution in [0.15, 0.2) is 29.2 Å². The highest BCUT2D eigenvalue weighted by Crippen LogP contribution is 2.17. The lowest BCUT2D eigenvalue weighted by Gasteiger charge is -2.16. The van der Waals surface area contributed by atoms with Crippen LogP contribution < -0.4 is 5.73 Å². The average Bonchev–Trinajstić information content (AvgIpc) is 2.35. The Morgan fingerprint density at radius 1 is 1.39 bits per heavy atom. The molecule has 1 unspecified atom stereocenters. The SMILES string of the molecule is CC(N)c1ccc(S(=O)(=O)N(C)CCC#N)cc1. The van der Waals surface area contributed by atoms with Gasteiger partial charge < -0.3 is 5.73 Å². The van der Waals surface area contributed by atoms with E-state index in [1.165, 1.54) is 23.5 Å². The van der Waals surface area contributed by atoms with Crippen molar-refractivity contribution >= 4 is 10.0 Å². The van der Waals surface area contributed by atoms with Crippen molar-refractivity contribution in [2.75, 3.05) is 13.6 Å². The Morgan fingerprint density at radius 3 is 2.39 bits per heavy atom. The predicted molar refractivity (Wildman–Crippen MR) is 69.1 cm³/mol. The summed E-state index contributed by atoms with van der Waals surface area (Å²) in [6.07, 6.45) is 0.174. The van der Waals surface area contributed by atoms with Crippen LogP contribution in [0.4, 0.5) is 0 Å². The summed E-state index contributed by atoms with van der Waals surface area (Å²) in [5.74, 6) is 0. The van der Waals surface area contributed by atoms with Gasteiger partial charge in [-0.25, -0.2) is 8.42 Å². The summed E-state index contributed by atoms with van der Waals surface area (Å²) in [5.41, 5.74) is 6.59. The van der Waals surface area contributed by atoms with E-state index in [2.05, 4.69) is 0 Å². The first-order valence-electron chi connectivity index (χ1n) is 5.58. The molecule has 18 heavy (non-hydrogen) atoms. The molecule has 0 spiro atoms. The number of nitrogens with zero attached hydrogens (tertiary/aromatic N) is 2. The topological polar surface area (TPSA) is 87.2 Å². The molecule has 1 atom stereocenters. The highest BCUT2D eigenvalue weighted by atomic mass is 32.2. The molecule has 2 N–H and O–H groups in total. The van der Waals surface area contributed by atoms with Gasteiger partial charge in [0.25, 0.3) is 0 Å². The molecule has 6 heteroatoms. The van der Waals surface area contributed by atoms with Crippen LogP contribution in [0.2, 0.25) is 0 Å². The molecule has 0 aliphatic rings. The molecule has 0 radical (unpaired) electrons. The Balaban J connectivity index is 2.95. The zero-order valence-electron chi connectivity index (χ0n) is 10.5. The van der Waals surface area contributed by atoms with Crippen molar-refractivity contribution in [1.29, 1.82) is 5.26 Å². The number of sulfonamides is 1. The molecule has 5 nitrogen and oxygen atoms in total. The largest absolute Gasteiger partial charge is 0.324 e.